The first-order valence-corrected chi connectivity index (χ1v) is 6.81. The molecule has 1 unspecified atom stereocenters. The van der Waals surface area contributed by atoms with Crippen LogP contribution in [0.15, 0.2) is 54.6 Å². The van der Waals surface area contributed by atoms with E-state index < -0.39 is 0 Å². The summed E-state index contributed by atoms with van der Waals surface area (Å²) in [5.41, 5.74) is 1.16. The molecule has 0 aliphatic heterocycles. The Morgan fingerprint density at radius 3 is 2.75 bits per heavy atom. The Labute approximate surface area is 106 Å². The molecule has 0 saturated heterocycles. The van der Waals surface area contributed by atoms with Crippen LogP contribution >= 0.6 is 24.0 Å². The average Bonchev–Trinajstić information content (AvgIpc) is 2.38. The van der Waals surface area contributed by atoms with Gasteiger partial charge in [-0.25, -0.2) is 0 Å². The first-order valence-electron chi connectivity index (χ1n) is 5.42. The lowest BCUT2D eigenvalue weighted by molar-refractivity contribution is 0.751. The lowest BCUT2D eigenvalue weighted by Crippen LogP contribution is -2.03. The maximum atomic E-state index is 5.41. The molecule has 1 aliphatic carbocycles. The lowest BCUT2D eigenvalue weighted by atomic mass is 10.0. The zero-order valence-electron chi connectivity index (χ0n) is 9.00. The second-order valence-electron chi connectivity index (χ2n) is 3.77. The first kappa shape index (κ1) is 11.6. The van der Waals surface area contributed by atoms with Gasteiger partial charge in [-0.05, 0) is 17.9 Å². The van der Waals surface area contributed by atoms with Crippen molar-refractivity contribution in [2.45, 2.75) is 6.42 Å². The van der Waals surface area contributed by atoms with Crippen molar-refractivity contribution in [1.82, 2.24) is 0 Å². The predicted molar refractivity (Wildman–Crippen MR) is 77.0 cm³/mol. The second-order valence-corrected chi connectivity index (χ2v) is 5.47. The van der Waals surface area contributed by atoms with Gasteiger partial charge in [0.2, 0.25) is 0 Å². The molecule has 1 aromatic carbocycles. The van der Waals surface area contributed by atoms with Crippen LogP contribution in [0.25, 0.3) is 0 Å². The number of rotatable bonds is 3. The predicted octanol–water partition coefficient (Wildman–Crippen LogP) is 4.23. The molecule has 1 aromatic rings. The maximum absolute atomic E-state index is 5.41. The summed E-state index contributed by atoms with van der Waals surface area (Å²) in [6.45, 7) is 0. The minimum Gasteiger partial charge on any atom is -0.113 e. The maximum Gasteiger partial charge on any atom is 0.0778 e. The molecule has 0 fully saturated rings. The monoisotopic (exact) mass is 246 g/mol. The van der Waals surface area contributed by atoms with E-state index in [1.54, 1.807) is 11.8 Å². The summed E-state index contributed by atoms with van der Waals surface area (Å²) < 4.78 is 1.00. The highest BCUT2D eigenvalue weighted by Crippen LogP contribution is 2.21. The van der Waals surface area contributed by atoms with Crippen molar-refractivity contribution in [3.05, 3.63) is 60.2 Å². The summed E-state index contributed by atoms with van der Waals surface area (Å²) in [6, 6.07) is 10.2. The molecule has 0 saturated carbocycles. The van der Waals surface area contributed by atoms with Crippen LogP contribution in [0.2, 0.25) is 0 Å². The van der Waals surface area contributed by atoms with Crippen LogP contribution in [0.4, 0.5) is 0 Å². The van der Waals surface area contributed by atoms with E-state index in [1.807, 2.05) is 18.2 Å². The molecule has 0 spiro atoms. The molecule has 0 radical (unpaired) electrons. The van der Waals surface area contributed by atoms with Gasteiger partial charge in [-0.2, -0.15) is 0 Å². The van der Waals surface area contributed by atoms with Crippen LogP contribution < -0.4 is 0 Å². The van der Waals surface area contributed by atoms with E-state index in [9.17, 15) is 0 Å². The fourth-order valence-electron chi connectivity index (χ4n) is 1.60. The first-order chi connectivity index (χ1) is 7.86. The Balaban J connectivity index is 1.84. The molecule has 0 aromatic heterocycles. The number of thiocarbonyl (C=S) groups is 1. The highest BCUT2D eigenvalue weighted by Gasteiger charge is 2.08. The SMILES string of the molecule is S=C(SCC1C=CC=CC1)c1ccccc1. The summed E-state index contributed by atoms with van der Waals surface area (Å²) in [5.74, 6) is 1.71. The summed E-state index contributed by atoms with van der Waals surface area (Å²) in [7, 11) is 0. The van der Waals surface area contributed by atoms with Crippen LogP contribution in [0, 0.1) is 5.92 Å². The Bertz CT molecular complexity index is 404. The van der Waals surface area contributed by atoms with Crippen molar-refractivity contribution in [2.24, 2.45) is 5.92 Å². The van der Waals surface area contributed by atoms with Crippen molar-refractivity contribution in [3.63, 3.8) is 0 Å². The fraction of sp³-hybridized carbons (Fsp3) is 0.214. The van der Waals surface area contributed by atoms with E-state index in [2.05, 4.69) is 36.4 Å². The van der Waals surface area contributed by atoms with Crippen LogP contribution in [-0.2, 0) is 0 Å². The summed E-state index contributed by atoms with van der Waals surface area (Å²) >= 11 is 7.19. The molecule has 2 heteroatoms. The van der Waals surface area contributed by atoms with Crippen LogP contribution in [0.3, 0.4) is 0 Å². The van der Waals surface area contributed by atoms with Crippen molar-refractivity contribution in [3.8, 4) is 0 Å². The Hall–Kier alpha value is -0.860. The molecule has 1 aliphatic rings. The zero-order valence-corrected chi connectivity index (χ0v) is 10.6. The largest absolute Gasteiger partial charge is 0.113 e. The molecule has 16 heavy (non-hydrogen) atoms. The number of thioether (sulfide) groups is 1. The van der Waals surface area contributed by atoms with E-state index in [0.717, 1.165) is 21.9 Å². The molecule has 1 atom stereocenters. The molecule has 0 amide bonds. The van der Waals surface area contributed by atoms with Crippen molar-refractivity contribution in [2.75, 3.05) is 5.75 Å². The lowest BCUT2D eigenvalue weighted by Gasteiger charge is -2.12. The summed E-state index contributed by atoms with van der Waals surface area (Å²) in [4.78, 5) is 0. The molecule has 2 rings (SSSR count). The van der Waals surface area contributed by atoms with Gasteiger partial charge in [-0.1, -0.05) is 66.9 Å². The number of allylic oxidation sites excluding steroid dienone is 4. The van der Waals surface area contributed by atoms with Gasteiger partial charge >= 0.3 is 0 Å². The minimum absolute atomic E-state index is 0.636. The third kappa shape index (κ3) is 3.32. The van der Waals surface area contributed by atoms with Gasteiger partial charge in [-0.15, -0.1) is 11.8 Å². The Kier molecular flexibility index (Phi) is 4.37. The Morgan fingerprint density at radius 2 is 2.06 bits per heavy atom. The summed E-state index contributed by atoms with van der Waals surface area (Å²) in [6.07, 6.45) is 9.86. The van der Waals surface area contributed by atoms with Gasteiger partial charge < -0.3 is 0 Å². The minimum atomic E-state index is 0.636. The van der Waals surface area contributed by atoms with Gasteiger partial charge in [0.15, 0.2) is 0 Å². The highest BCUT2D eigenvalue weighted by molar-refractivity contribution is 8.23. The van der Waals surface area contributed by atoms with E-state index in [-0.39, 0.29) is 0 Å². The molecular weight excluding hydrogens is 232 g/mol. The second kappa shape index (κ2) is 6.02. The number of hydrogen-bond acceptors (Lipinski definition) is 2. The van der Waals surface area contributed by atoms with Gasteiger partial charge in [0.05, 0.1) is 4.20 Å². The highest BCUT2D eigenvalue weighted by atomic mass is 32.2. The van der Waals surface area contributed by atoms with Crippen LogP contribution in [0.5, 0.6) is 0 Å². The van der Waals surface area contributed by atoms with Gasteiger partial charge in [-0.3, -0.25) is 0 Å². The topological polar surface area (TPSA) is 0 Å². The van der Waals surface area contributed by atoms with Gasteiger partial charge in [0, 0.05) is 5.75 Å². The molecule has 0 N–H and O–H groups in total. The van der Waals surface area contributed by atoms with E-state index in [1.165, 1.54) is 0 Å². The number of hydrogen-bond donors (Lipinski definition) is 0. The quantitative estimate of drug-likeness (QED) is 0.732. The summed E-state index contributed by atoms with van der Waals surface area (Å²) in [5, 5.41) is 0. The molecule has 0 heterocycles. The van der Waals surface area contributed by atoms with Crippen molar-refractivity contribution >= 4 is 28.2 Å². The van der Waals surface area contributed by atoms with Crippen molar-refractivity contribution in [1.29, 1.82) is 0 Å². The van der Waals surface area contributed by atoms with E-state index in [0.29, 0.717) is 5.92 Å². The van der Waals surface area contributed by atoms with Crippen LogP contribution in [0.1, 0.15) is 12.0 Å². The van der Waals surface area contributed by atoms with Gasteiger partial charge in [0.25, 0.3) is 0 Å². The molecule has 82 valence electrons. The zero-order chi connectivity index (χ0) is 11.2. The van der Waals surface area contributed by atoms with Gasteiger partial charge in [0.1, 0.15) is 0 Å². The average molecular weight is 246 g/mol. The number of benzene rings is 1. The van der Waals surface area contributed by atoms with E-state index in [4.69, 9.17) is 12.2 Å². The fourth-order valence-corrected chi connectivity index (χ4v) is 2.85. The normalized spacial score (nSPS) is 18.6. The smallest absolute Gasteiger partial charge is 0.0778 e. The molecule has 0 nitrogen and oxygen atoms in total. The van der Waals surface area contributed by atoms with Crippen LogP contribution in [-0.4, -0.2) is 9.95 Å². The molecular formula is C14H14S2. The standard InChI is InChI=1S/C14H14S2/c15-14(13-9-5-2-6-10-13)16-11-12-7-3-1-4-8-12/h1-7,9-10,12H,8,11H2. The Morgan fingerprint density at radius 1 is 1.25 bits per heavy atom. The molecule has 0 bridgehead atoms. The van der Waals surface area contributed by atoms with E-state index >= 15 is 0 Å². The van der Waals surface area contributed by atoms with Crippen molar-refractivity contribution < 1.29 is 0 Å². The third-order valence-electron chi connectivity index (χ3n) is 2.51. The third-order valence-corrected chi connectivity index (χ3v) is 4.19.